The van der Waals surface area contributed by atoms with Crippen LogP contribution in [-0.2, 0) is 19.2 Å². The molecule has 5 nitrogen and oxygen atoms in total. The van der Waals surface area contributed by atoms with E-state index in [4.69, 9.17) is 4.84 Å². The molecule has 1 atom stereocenters. The van der Waals surface area contributed by atoms with Crippen LogP contribution in [0.5, 0.6) is 0 Å². The van der Waals surface area contributed by atoms with Crippen LogP contribution in [0.2, 0.25) is 0 Å². The van der Waals surface area contributed by atoms with Crippen molar-refractivity contribution in [2.45, 2.75) is 19.3 Å². The summed E-state index contributed by atoms with van der Waals surface area (Å²) >= 11 is 0. The van der Waals surface area contributed by atoms with Crippen LogP contribution in [0.25, 0.3) is 0 Å². The van der Waals surface area contributed by atoms with Gasteiger partial charge in [-0.05, 0) is 24.7 Å². The molecule has 19 heavy (non-hydrogen) atoms. The first-order valence-corrected chi connectivity index (χ1v) is 6.14. The van der Waals surface area contributed by atoms with Crippen LogP contribution in [0.4, 0.5) is 0 Å². The topological polar surface area (TPSA) is 63.7 Å². The normalized spacial score (nSPS) is 26.7. The van der Waals surface area contributed by atoms with Crippen LogP contribution in [-0.4, -0.2) is 22.8 Å². The molecule has 0 radical (unpaired) electrons. The molecule has 5 heteroatoms. The molecule has 2 saturated carbocycles. The first-order chi connectivity index (χ1) is 9.04. The van der Waals surface area contributed by atoms with Crippen molar-refractivity contribution in [1.82, 2.24) is 5.06 Å². The van der Waals surface area contributed by atoms with E-state index in [1.165, 1.54) is 12.2 Å². The molecule has 0 aromatic rings. The molecule has 2 amide bonds. The number of hydrogen-bond donors (Lipinski definition) is 0. The summed E-state index contributed by atoms with van der Waals surface area (Å²) in [6.45, 7) is 6.95. The summed E-state index contributed by atoms with van der Waals surface area (Å²) in [6, 6.07) is 0. The van der Waals surface area contributed by atoms with Gasteiger partial charge in [-0.25, -0.2) is 4.79 Å². The molecule has 3 rings (SSSR count). The van der Waals surface area contributed by atoms with Gasteiger partial charge >= 0.3 is 5.97 Å². The zero-order valence-electron chi connectivity index (χ0n) is 10.3. The van der Waals surface area contributed by atoms with Crippen molar-refractivity contribution in [2.24, 2.45) is 11.3 Å². The molecule has 98 valence electrons. The van der Waals surface area contributed by atoms with Gasteiger partial charge in [-0.15, -0.1) is 0 Å². The Balaban J connectivity index is 1.74. The van der Waals surface area contributed by atoms with Crippen molar-refractivity contribution in [2.75, 3.05) is 0 Å². The monoisotopic (exact) mass is 259 g/mol. The van der Waals surface area contributed by atoms with Crippen LogP contribution in [0.3, 0.4) is 0 Å². The quantitative estimate of drug-likeness (QED) is 0.713. The fourth-order valence-electron chi connectivity index (χ4n) is 2.57. The molecule has 0 bridgehead atoms. The Kier molecular flexibility index (Phi) is 2.29. The van der Waals surface area contributed by atoms with Crippen molar-refractivity contribution < 1.29 is 19.2 Å². The predicted octanol–water partition coefficient (Wildman–Crippen LogP) is 1.28. The third kappa shape index (κ3) is 1.58. The van der Waals surface area contributed by atoms with Crippen molar-refractivity contribution in [3.05, 3.63) is 36.5 Å². The molecule has 2 aliphatic carbocycles. The fraction of sp³-hybridized carbons (Fsp3) is 0.357. The summed E-state index contributed by atoms with van der Waals surface area (Å²) in [5.41, 5.74) is 0.355. The highest BCUT2D eigenvalue weighted by Crippen LogP contribution is 2.70. The summed E-state index contributed by atoms with van der Waals surface area (Å²) in [6.07, 6.45) is 5.40. The van der Waals surface area contributed by atoms with E-state index in [0.717, 1.165) is 19.3 Å². The van der Waals surface area contributed by atoms with E-state index in [2.05, 4.69) is 13.2 Å². The number of hydroxylamine groups is 2. The molecular weight excluding hydrogens is 246 g/mol. The minimum Gasteiger partial charge on any atom is -0.329 e. The van der Waals surface area contributed by atoms with Gasteiger partial charge in [-0.2, -0.15) is 0 Å². The fourth-order valence-corrected chi connectivity index (χ4v) is 2.57. The number of hydrogen-bond acceptors (Lipinski definition) is 4. The lowest BCUT2D eigenvalue weighted by molar-refractivity contribution is -0.198. The zero-order chi connectivity index (χ0) is 13.8. The standard InChI is InChI=1S/C14H13NO4/c1-3-8-9(4-2)12(17)15(11(8)16)19-13(18)10-7-14(10)5-6-14/h3-4,10H,1-2,5-7H2. The number of nitrogens with zero attached hydrogens (tertiary/aromatic N) is 1. The van der Waals surface area contributed by atoms with Gasteiger partial charge in [0.2, 0.25) is 0 Å². The zero-order valence-corrected chi connectivity index (χ0v) is 10.3. The van der Waals surface area contributed by atoms with E-state index in [1.807, 2.05) is 0 Å². The highest BCUT2D eigenvalue weighted by molar-refractivity contribution is 6.21. The highest BCUT2D eigenvalue weighted by atomic mass is 16.7. The molecule has 1 aliphatic heterocycles. The van der Waals surface area contributed by atoms with Gasteiger partial charge in [0.1, 0.15) is 0 Å². The maximum absolute atomic E-state index is 11.9. The van der Waals surface area contributed by atoms with E-state index >= 15 is 0 Å². The maximum atomic E-state index is 11.9. The van der Waals surface area contributed by atoms with Gasteiger partial charge in [0, 0.05) is 0 Å². The Bertz CT molecular complexity index is 538. The smallest absolute Gasteiger partial charge is 0.329 e. The van der Waals surface area contributed by atoms with Crippen molar-refractivity contribution in [3.8, 4) is 0 Å². The number of carbonyl (C=O) groups is 3. The van der Waals surface area contributed by atoms with E-state index in [1.54, 1.807) is 0 Å². The predicted molar refractivity (Wildman–Crippen MR) is 65.1 cm³/mol. The SMILES string of the molecule is C=CC1=C(C=C)C(=O)N(OC(=O)C2CC23CC3)C1=O. The third-order valence-corrected chi connectivity index (χ3v) is 4.08. The van der Waals surface area contributed by atoms with Crippen molar-refractivity contribution in [1.29, 1.82) is 0 Å². The van der Waals surface area contributed by atoms with Crippen molar-refractivity contribution >= 4 is 17.8 Å². The van der Waals surface area contributed by atoms with E-state index in [0.29, 0.717) is 5.06 Å². The van der Waals surface area contributed by atoms with Gasteiger partial charge in [0.25, 0.3) is 11.8 Å². The average molecular weight is 259 g/mol. The molecule has 0 aromatic carbocycles. The summed E-state index contributed by atoms with van der Waals surface area (Å²) in [5.74, 6) is -1.97. The lowest BCUT2D eigenvalue weighted by atomic mass is 10.1. The Hall–Kier alpha value is -2.17. The lowest BCUT2D eigenvalue weighted by Crippen LogP contribution is -2.35. The summed E-state index contributed by atoms with van der Waals surface area (Å²) in [7, 11) is 0. The average Bonchev–Trinajstić information content (AvgIpc) is 3.30. The summed E-state index contributed by atoms with van der Waals surface area (Å²) in [5, 5.41) is 0.519. The first kappa shape index (κ1) is 11.9. The number of imide groups is 1. The largest absolute Gasteiger partial charge is 0.336 e. The van der Waals surface area contributed by atoms with Crippen molar-refractivity contribution in [3.63, 3.8) is 0 Å². The van der Waals surface area contributed by atoms with Gasteiger partial charge < -0.3 is 4.84 Å². The highest BCUT2D eigenvalue weighted by Gasteiger charge is 2.67. The van der Waals surface area contributed by atoms with Gasteiger partial charge in [-0.3, -0.25) is 9.59 Å². The molecular formula is C14H13NO4. The number of amides is 2. The van der Waals surface area contributed by atoms with Crippen LogP contribution < -0.4 is 0 Å². The molecule has 2 fully saturated rings. The number of rotatable bonds is 4. The molecule has 0 aromatic heterocycles. The minimum absolute atomic E-state index is 0.115. The molecule has 1 spiro atoms. The molecule has 0 N–H and O–H groups in total. The van der Waals surface area contributed by atoms with Crippen LogP contribution in [0.1, 0.15) is 19.3 Å². The van der Waals surface area contributed by atoms with Gasteiger partial charge in [0.15, 0.2) is 0 Å². The molecule has 0 saturated heterocycles. The van der Waals surface area contributed by atoms with Gasteiger partial charge in [0.05, 0.1) is 17.1 Å². The summed E-state index contributed by atoms with van der Waals surface area (Å²) < 4.78 is 0. The Labute approximate surface area is 110 Å². The third-order valence-electron chi connectivity index (χ3n) is 4.08. The minimum atomic E-state index is -0.659. The van der Waals surface area contributed by atoms with E-state index in [-0.39, 0.29) is 22.5 Å². The van der Waals surface area contributed by atoms with Crippen LogP contribution in [0, 0.1) is 11.3 Å². The molecule has 1 unspecified atom stereocenters. The Morgan fingerprint density at radius 1 is 1.21 bits per heavy atom. The summed E-state index contributed by atoms with van der Waals surface area (Å²) in [4.78, 5) is 40.7. The van der Waals surface area contributed by atoms with Gasteiger partial charge in [-0.1, -0.05) is 30.4 Å². The lowest BCUT2D eigenvalue weighted by Gasteiger charge is -2.13. The molecule has 3 aliphatic rings. The Morgan fingerprint density at radius 3 is 2.11 bits per heavy atom. The second-order valence-electron chi connectivity index (χ2n) is 5.17. The van der Waals surface area contributed by atoms with E-state index in [9.17, 15) is 14.4 Å². The van der Waals surface area contributed by atoms with E-state index < -0.39 is 17.8 Å². The van der Waals surface area contributed by atoms with Crippen LogP contribution >= 0.6 is 0 Å². The molecule has 1 heterocycles. The number of carbonyl (C=O) groups excluding carboxylic acids is 3. The first-order valence-electron chi connectivity index (χ1n) is 6.14. The Morgan fingerprint density at radius 2 is 1.74 bits per heavy atom. The van der Waals surface area contributed by atoms with Crippen LogP contribution in [0.15, 0.2) is 36.5 Å². The maximum Gasteiger partial charge on any atom is 0.336 e. The second-order valence-corrected chi connectivity index (χ2v) is 5.17. The second kappa shape index (κ2) is 3.66.